The lowest BCUT2D eigenvalue weighted by molar-refractivity contribution is -0.118. The molecule has 0 fully saturated rings. The summed E-state index contributed by atoms with van der Waals surface area (Å²) in [7, 11) is -3.71. The first-order valence-electron chi connectivity index (χ1n) is 4.51. The number of carbonyl (C=O) groups excluding carboxylic acids is 1. The molecule has 94 valence electrons. The average molecular weight is 260 g/mol. The molecule has 0 bridgehead atoms. The fourth-order valence-electron chi connectivity index (χ4n) is 1.07. The van der Waals surface area contributed by atoms with Gasteiger partial charge >= 0.3 is 10.1 Å². The highest BCUT2D eigenvalue weighted by molar-refractivity contribution is 7.86. The molecule has 0 unspecified atom stereocenters. The molecule has 0 radical (unpaired) electrons. The summed E-state index contributed by atoms with van der Waals surface area (Å²) < 4.78 is 26.6. The van der Waals surface area contributed by atoms with Crippen LogP contribution in [0.2, 0.25) is 0 Å². The molecule has 8 heteroatoms. The molecule has 1 aromatic carbocycles. The lowest BCUT2D eigenvalue weighted by Crippen LogP contribution is -2.17. The van der Waals surface area contributed by atoms with E-state index in [1.54, 1.807) is 0 Å². The van der Waals surface area contributed by atoms with Crippen LogP contribution in [0.1, 0.15) is 0 Å². The van der Waals surface area contributed by atoms with Crippen LogP contribution < -0.4 is 15.2 Å². The molecule has 7 nitrogen and oxygen atoms in total. The van der Waals surface area contributed by atoms with Crippen molar-refractivity contribution in [2.75, 3.05) is 23.9 Å². The minimum atomic E-state index is -3.71. The van der Waals surface area contributed by atoms with Crippen LogP contribution in [0.25, 0.3) is 0 Å². The highest BCUT2D eigenvalue weighted by atomic mass is 32.2. The number of nitrogen functional groups attached to an aromatic ring is 1. The molecule has 1 rings (SSSR count). The number of rotatable bonds is 4. The molecule has 0 spiro atoms. The van der Waals surface area contributed by atoms with Gasteiger partial charge in [-0.1, -0.05) is 0 Å². The summed E-state index contributed by atoms with van der Waals surface area (Å²) in [5.74, 6) is -0.766. The van der Waals surface area contributed by atoms with Crippen LogP contribution in [-0.2, 0) is 14.9 Å². The topological polar surface area (TPSA) is 119 Å². The van der Waals surface area contributed by atoms with Gasteiger partial charge in [0.1, 0.15) is 6.61 Å². The van der Waals surface area contributed by atoms with Crippen molar-refractivity contribution in [1.29, 1.82) is 0 Å². The summed E-state index contributed by atoms with van der Waals surface area (Å²) >= 11 is 0. The number of amides is 1. The van der Waals surface area contributed by atoms with E-state index in [1.165, 1.54) is 18.2 Å². The van der Waals surface area contributed by atoms with Gasteiger partial charge in [0.2, 0.25) is 5.91 Å². The second kappa shape index (κ2) is 5.02. The predicted molar refractivity (Wildman–Crippen MR) is 62.0 cm³/mol. The Morgan fingerprint density at radius 2 is 2.18 bits per heavy atom. The van der Waals surface area contributed by atoms with Crippen molar-refractivity contribution in [3.05, 3.63) is 18.2 Å². The fourth-order valence-corrected chi connectivity index (χ4v) is 1.54. The maximum Gasteiger partial charge on any atom is 0.306 e. The molecule has 0 aliphatic heterocycles. The van der Waals surface area contributed by atoms with Crippen molar-refractivity contribution in [2.45, 2.75) is 0 Å². The summed E-state index contributed by atoms with van der Waals surface area (Å²) in [6.07, 6.45) is 0.876. The SMILES string of the molecule is CS(=O)(=O)Oc1ccc(N)cc1NC(=O)CO. The molecule has 1 amide bonds. The zero-order valence-electron chi connectivity index (χ0n) is 9.00. The maximum atomic E-state index is 11.0. The molecular weight excluding hydrogens is 248 g/mol. The largest absolute Gasteiger partial charge is 0.399 e. The standard InChI is InChI=1S/C9H12N2O5S/c1-17(14,15)16-8-3-2-6(10)4-7(8)11-9(13)5-12/h2-4,12H,5,10H2,1H3,(H,11,13). The van der Waals surface area contributed by atoms with Crippen LogP contribution in [-0.4, -0.2) is 32.3 Å². The van der Waals surface area contributed by atoms with Crippen molar-refractivity contribution in [2.24, 2.45) is 0 Å². The van der Waals surface area contributed by atoms with Crippen LogP contribution in [0.5, 0.6) is 5.75 Å². The molecule has 0 saturated heterocycles. The van der Waals surface area contributed by atoms with Gasteiger partial charge < -0.3 is 20.3 Å². The van der Waals surface area contributed by atoms with Crippen LogP contribution >= 0.6 is 0 Å². The molecule has 0 aromatic heterocycles. The van der Waals surface area contributed by atoms with E-state index in [0.29, 0.717) is 5.69 Å². The summed E-state index contributed by atoms with van der Waals surface area (Å²) in [5, 5.41) is 10.9. The number of nitrogens with one attached hydrogen (secondary N) is 1. The van der Waals surface area contributed by atoms with Crippen molar-refractivity contribution in [3.63, 3.8) is 0 Å². The Morgan fingerprint density at radius 1 is 1.53 bits per heavy atom. The van der Waals surface area contributed by atoms with E-state index in [1.807, 2.05) is 0 Å². The number of carbonyl (C=O) groups is 1. The normalized spacial score (nSPS) is 10.9. The molecule has 4 N–H and O–H groups in total. The van der Waals surface area contributed by atoms with Crippen LogP contribution in [0, 0.1) is 0 Å². The molecule has 17 heavy (non-hydrogen) atoms. The van der Waals surface area contributed by atoms with Gasteiger partial charge in [0.15, 0.2) is 5.75 Å². The second-order valence-corrected chi connectivity index (χ2v) is 4.82. The smallest absolute Gasteiger partial charge is 0.306 e. The van der Waals surface area contributed by atoms with E-state index in [2.05, 4.69) is 9.50 Å². The van der Waals surface area contributed by atoms with Crippen molar-refractivity contribution in [3.8, 4) is 5.75 Å². The maximum absolute atomic E-state index is 11.0. The van der Waals surface area contributed by atoms with Crippen LogP contribution in [0.3, 0.4) is 0 Å². The van der Waals surface area contributed by atoms with E-state index in [0.717, 1.165) is 6.26 Å². The molecular formula is C9H12N2O5S. The van der Waals surface area contributed by atoms with Crippen molar-refractivity contribution >= 4 is 27.4 Å². The molecule has 1 aromatic rings. The number of anilines is 2. The Kier molecular flexibility index (Phi) is 3.92. The number of benzene rings is 1. The van der Waals surface area contributed by atoms with Gasteiger partial charge in [-0.15, -0.1) is 0 Å². The second-order valence-electron chi connectivity index (χ2n) is 3.25. The van der Waals surface area contributed by atoms with Crippen LogP contribution in [0.4, 0.5) is 11.4 Å². The third-order valence-corrected chi connectivity index (χ3v) is 2.14. The van der Waals surface area contributed by atoms with Crippen molar-refractivity contribution < 1.29 is 22.5 Å². The minimum Gasteiger partial charge on any atom is -0.399 e. The van der Waals surface area contributed by atoms with Gasteiger partial charge in [-0.05, 0) is 18.2 Å². The summed E-state index contributed by atoms with van der Waals surface area (Å²) in [6, 6.07) is 4.06. The Labute approximate surface area is 98.3 Å². The monoisotopic (exact) mass is 260 g/mol. The molecule has 0 heterocycles. The Morgan fingerprint density at radius 3 is 2.71 bits per heavy atom. The number of aliphatic hydroxyl groups is 1. The average Bonchev–Trinajstić information content (AvgIpc) is 2.20. The fraction of sp³-hybridized carbons (Fsp3) is 0.222. The van der Waals surface area contributed by atoms with Gasteiger partial charge in [-0.2, -0.15) is 8.42 Å². The molecule has 0 saturated carbocycles. The minimum absolute atomic E-state index is 0.0662. The van der Waals surface area contributed by atoms with Gasteiger partial charge in [0, 0.05) is 5.69 Å². The Hall–Kier alpha value is -1.80. The lowest BCUT2D eigenvalue weighted by Gasteiger charge is -2.10. The quantitative estimate of drug-likeness (QED) is 0.498. The van der Waals surface area contributed by atoms with E-state index >= 15 is 0 Å². The van der Waals surface area contributed by atoms with Gasteiger partial charge in [0.25, 0.3) is 0 Å². The molecule has 0 atom stereocenters. The predicted octanol–water partition coefficient (Wildman–Crippen LogP) is -0.462. The van der Waals surface area contributed by atoms with E-state index in [4.69, 9.17) is 10.8 Å². The van der Waals surface area contributed by atoms with E-state index < -0.39 is 22.6 Å². The third kappa shape index (κ3) is 4.29. The lowest BCUT2D eigenvalue weighted by atomic mass is 10.2. The van der Waals surface area contributed by atoms with Crippen LogP contribution in [0.15, 0.2) is 18.2 Å². The summed E-state index contributed by atoms with van der Waals surface area (Å²) in [6.45, 7) is -0.729. The van der Waals surface area contributed by atoms with Crippen molar-refractivity contribution in [1.82, 2.24) is 0 Å². The number of aliphatic hydroxyl groups excluding tert-OH is 1. The first-order valence-corrected chi connectivity index (χ1v) is 6.33. The molecule has 0 aliphatic carbocycles. The Balaban J connectivity index is 3.08. The number of hydrogen-bond donors (Lipinski definition) is 3. The first-order chi connectivity index (χ1) is 7.81. The highest BCUT2D eigenvalue weighted by Crippen LogP contribution is 2.27. The number of nitrogens with two attached hydrogens (primary N) is 1. The highest BCUT2D eigenvalue weighted by Gasteiger charge is 2.12. The summed E-state index contributed by atoms with van der Waals surface area (Å²) in [4.78, 5) is 11.0. The van der Waals surface area contributed by atoms with Gasteiger partial charge in [-0.25, -0.2) is 0 Å². The zero-order valence-corrected chi connectivity index (χ0v) is 9.82. The summed E-state index contributed by atoms with van der Waals surface area (Å²) in [5.41, 5.74) is 5.89. The molecule has 0 aliphatic rings. The Bertz CT molecular complexity index is 526. The first kappa shape index (κ1) is 13.3. The third-order valence-electron chi connectivity index (χ3n) is 1.66. The van der Waals surface area contributed by atoms with Gasteiger partial charge in [0.05, 0.1) is 11.9 Å². The zero-order chi connectivity index (χ0) is 13.1. The number of hydrogen-bond acceptors (Lipinski definition) is 6. The van der Waals surface area contributed by atoms with E-state index in [-0.39, 0.29) is 11.4 Å². The van der Waals surface area contributed by atoms with E-state index in [9.17, 15) is 13.2 Å². The van der Waals surface area contributed by atoms with Gasteiger partial charge in [-0.3, -0.25) is 4.79 Å².